The Morgan fingerprint density at radius 2 is 1.68 bits per heavy atom. The number of halogens is 1. The molecule has 0 aliphatic heterocycles. The van der Waals surface area contributed by atoms with Gasteiger partial charge in [0.25, 0.3) is 0 Å². The Morgan fingerprint density at radius 3 is 2.36 bits per heavy atom. The van der Waals surface area contributed by atoms with Crippen molar-refractivity contribution >= 4 is 27.5 Å². The van der Waals surface area contributed by atoms with Crippen LogP contribution in [0.4, 0.5) is 5.69 Å². The number of carbonyl (C=O) groups excluding carboxylic acids is 1. The van der Waals surface area contributed by atoms with Gasteiger partial charge in [-0.1, -0.05) is 52.3 Å². The van der Waals surface area contributed by atoms with Crippen molar-refractivity contribution in [3.63, 3.8) is 0 Å². The van der Waals surface area contributed by atoms with Crippen molar-refractivity contribution in [2.24, 2.45) is 0 Å². The van der Waals surface area contributed by atoms with E-state index < -0.39 is 0 Å². The largest absolute Gasteiger partial charge is 0.325 e. The standard InChI is InChI=1S/C20H18BrN3O/c21-16-9-11-17(12-10-16)24-19(25)14-23-20(15-6-2-1-3-7-15)18-8-4-5-13-22-18/h1-13,20,23H,14H2,(H,24,25). The first kappa shape index (κ1) is 17.3. The maximum atomic E-state index is 12.3. The minimum atomic E-state index is -0.141. The summed E-state index contributed by atoms with van der Waals surface area (Å²) in [7, 11) is 0. The predicted molar refractivity (Wildman–Crippen MR) is 103 cm³/mol. The number of amides is 1. The fourth-order valence-electron chi connectivity index (χ4n) is 2.52. The van der Waals surface area contributed by atoms with E-state index in [0.29, 0.717) is 0 Å². The van der Waals surface area contributed by atoms with Crippen LogP contribution in [0.2, 0.25) is 0 Å². The number of nitrogens with one attached hydrogen (secondary N) is 2. The third kappa shape index (κ3) is 4.98. The molecule has 2 aromatic carbocycles. The molecule has 1 amide bonds. The monoisotopic (exact) mass is 395 g/mol. The molecule has 4 nitrogen and oxygen atoms in total. The summed E-state index contributed by atoms with van der Waals surface area (Å²) in [6, 6.07) is 23.1. The van der Waals surface area contributed by atoms with E-state index in [4.69, 9.17) is 0 Å². The van der Waals surface area contributed by atoms with E-state index in [9.17, 15) is 4.79 Å². The second-order valence-electron chi connectivity index (χ2n) is 5.53. The third-order valence-electron chi connectivity index (χ3n) is 3.71. The van der Waals surface area contributed by atoms with Gasteiger partial charge in [-0.3, -0.25) is 15.1 Å². The second kappa shape index (κ2) is 8.55. The summed E-state index contributed by atoms with van der Waals surface area (Å²) in [4.78, 5) is 16.7. The van der Waals surface area contributed by atoms with Gasteiger partial charge in [0.2, 0.25) is 5.91 Å². The highest BCUT2D eigenvalue weighted by atomic mass is 79.9. The Morgan fingerprint density at radius 1 is 0.960 bits per heavy atom. The molecule has 1 unspecified atom stereocenters. The molecule has 3 aromatic rings. The van der Waals surface area contributed by atoms with Crippen LogP contribution in [0.1, 0.15) is 17.3 Å². The van der Waals surface area contributed by atoms with Crippen molar-refractivity contribution in [3.8, 4) is 0 Å². The Balaban J connectivity index is 1.68. The van der Waals surface area contributed by atoms with Crippen LogP contribution in [-0.2, 0) is 4.79 Å². The number of hydrogen-bond acceptors (Lipinski definition) is 3. The summed E-state index contributed by atoms with van der Waals surface area (Å²) >= 11 is 3.38. The summed E-state index contributed by atoms with van der Waals surface area (Å²) in [6.07, 6.45) is 1.76. The average molecular weight is 396 g/mol. The molecule has 0 aliphatic rings. The van der Waals surface area contributed by atoms with E-state index in [-0.39, 0.29) is 18.5 Å². The van der Waals surface area contributed by atoms with Gasteiger partial charge in [0, 0.05) is 16.4 Å². The molecule has 3 rings (SSSR count). The van der Waals surface area contributed by atoms with Crippen LogP contribution in [0.25, 0.3) is 0 Å². The lowest BCUT2D eigenvalue weighted by molar-refractivity contribution is -0.115. The van der Waals surface area contributed by atoms with Gasteiger partial charge in [0.05, 0.1) is 18.3 Å². The first-order valence-electron chi connectivity index (χ1n) is 7.97. The predicted octanol–water partition coefficient (Wildman–Crippen LogP) is 4.16. The normalized spacial score (nSPS) is 11.7. The van der Waals surface area contributed by atoms with Crippen molar-refractivity contribution < 1.29 is 4.79 Å². The first-order chi connectivity index (χ1) is 12.2. The number of anilines is 1. The number of aromatic nitrogens is 1. The molecule has 126 valence electrons. The lowest BCUT2D eigenvalue weighted by Crippen LogP contribution is -2.32. The van der Waals surface area contributed by atoms with Gasteiger partial charge < -0.3 is 5.32 Å². The second-order valence-corrected chi connectivity index (χ2v) is 6.45. The smallest absolute Gasteiger partial charge is 0.238 e. The molecule has 25 heavy (non-hydrogen) atoms. The van der Waals surface area contributed by atoms with Gasteiger partial charge in [-0.25, -0.2) is 0 Å². The lowest BCUT2D eigenvalue weighted by atomic mass is 10.0. The highest BCUT2D eigenvalue weighted by molar-refractivity contribution is 9.10. The van der Waals surface area contributed by atoms with Crippen molar-refractivity contribution in [1.29, 1.82) is 0 Å². The van der Waals surface area contributed by atoms with Crippen LogP contribution in [0, 0.1) is 0 Å². The van der Waals surface area contributed by atoms with Gasteiger partial charge >= 0.3 is 0 Å². The molecule has 0 radical (unpaired) electrons. The molecular weight excluding hydrogens is 378 g/mol. The summed E-state index contributed by atoms with van der Waals surface area (Å²) < 4.78 is 0.975. The maximum Gasteiger partial charge on any atom is 0.238 e. The number of nitrogens with zero attached hydrogens (tertiary/aromatic N) is 1. The summed E-state index contributed by atoms with van der Waals surface area (Å²) in [5, 5.41) is 6.18. The quantitative estimate of drug-likeness (QED) is 0.658. The van der Waals surface area contributed by atoms with Crippen LogP contribution in [0.15, 0.2) is 83.5 Å². The number of pyridine rings is 1. The van der Waals surface area contributed by atoms with Gasteiger partial charge in [-0.05, 0) is 42.0 Å². The number of carbonyl (C=O) groups is 1. The number of hydrogen-bond donors (Lipinski definition) is 2. The van der Waals surface area contributed by atoms with Crippen LogP contribution < -0.4 is 10.6 Å². The molecule has 0 saturated heterocycles. The zero-order valence-electron chi connectivity index (χ0n) is 13.5. The molecule has 1 aromatic heterocycles. The molecular formula is C20H18BrN3O. The van der Waals surface area contributed by atoms with E-state index in [1.54, 1.807) is 6.20 Å². The highest BCUT2D eigenvalue weighted by Gasteiger charge is 2.16. The molecule has 2 N–H and O–H groups in total. The van der Waals surface area contributed by atoms with Gasteiger partial charge in [-0.2, -0.15) is 0 Å². The summed E-state index contributed by atoms with van der Waals surface area (Å²) in [5.41, 5.74) is 2.71. The Labute approximate surface area is 155 Å². The van der Waals surface area contributed by atoms with E-state index in [2.05, 4.69) is 31.5 Å². The van der Waals surface area contributed by atoms with E-state index in [1.165, 1.54) is 0 Å². The van der Waals surface area contributed by atoms with Gasteiger partial charge in [-0.15, -0.1) is 0 Å². The average Bonchev–Trinajstić information content (AvgIpc) is 2.66. The fraction of sp³-hybridized carbons (Fsp3) is 0.100. The Bertz CT molecular complexity index is 768. The molecule has 0 fully saturated rings. The molecule has 1 heterocycles. The Kier molecular flexibility index (Phi) is 5.93. The van der Waals surface area contributed by atoms with E-state index in [1.807, 2.05) is 72.8 Å². The molecule has 0 aliphatic carbocycles. The molecule has 0 bridgehead atoms. The number of rotatable bonds is 6. The fourth-order valence-corrected chi connectivity index (χ4v) is 2.78. The minimum absolute atomic E-state index is 0.0980. The van der Waals surface area contributed by atoms with Crippen LogP contribution in [0.5, 0.6) is 0 Å². The van der Waals surface area contributed by atoms with Crippen molar-refractivity contribution in [1.82, 2.24) is 10.3 Å². The summed E-state index contributed by atoms with van der Waals surface area (Å²) in [6.45, 7) is 0.187. The molecule has 1 atom stereocenters. The highest BCUT2D eigenvalue weighted by Crippen LogP contribution is 2.19. The van der Waals surface area contributed by atoms with Crippen LogP contribution in [-0.4, -0.2) is 17.4 Å². The van der Waals surface area contributed by atoms with Crippen molar-refractivity contribution in [2.75, 3.05) is 11.9 Å². The summed E-state index contributed by atoms with van der Waals surface area (Å²) in [5.74, 6) is -0.0980. The van der Waals surface area contributed by atoms with Crippen molar-refractivity contribution in [2.45, 2.75) is 6.04 Å². The van der Waals surface area contributed by atoms with Gasteiger partial charge in [0.1, 0.15) is 0 Å². The van der Waals surface area contributed by atoms with Gasteiger partial charge in [0.15, 0.2) is 0 Å². The molecule has 0 spiro atoms. The topological polar surface area (TPSA) is 54.0 Å². The maximum absolute atomic E-state index is 12.3. The van der Waals surface area contributed by atoms with E-state index in [0.717, 1.165) is 21.4 Å². The molecule has 0 saturated carbocycles. The van der Waals surface area contributed by atoms with Crippen LogP contribution >= 0.6 is 15.9 Å². The number of benzene rings is 2. The van der Waals surface area contributed by atoms with E-state index >= 15 is 0 Å². The van der Waals surface area contributed by atoms with Crippen molar-refractivity contribution in [3.05, 3.63) is 94.7 Å². The lowest BCUT2D eigenvalue weighted by Gasteiger charge is -2.18. The Hall–Kier alpha value is -2.50. The first-order valence-corrected chi connectivity index (χ1v) is 8.76. The van der Waals surface area contributed by atoms with Crippen LogP contribution in [0.3, 0.4) is 0 Å². The molecule has 5 heteroatoms. The SMILES string of the molecule is O=C(CNC(c1ccccc1)c1ccccn1)Nc1ccc(Br)cc1. The zero-order valence-corrected chi connectivity index (χ0v) is 15.1. The zero-order chi connectivity index (χ0) is 17.5. The third-order valence-corrected chi connectivity index (χ3v) is 4.24. The minimum Gasteiger partial charge on any atom is -0.325 e.